The molecule has 1 aromatic heterocycles. The first-order valence-corrected chi connectivity index (χ1v) is 7.49. The van der Waals surface area contributed by atoms with Crippen LogP contribution in [0.15, 0.2) is 0 Å². The molecule has 0 aliphatic heterocycles. The molecule has 112 valence electrons. The highest BCUT2D eigenvalue weighted by Crippen LogP contribution is 2.28. The van der Waals surface area contributed by atoms with Crippen molar-refractivity contribution in [2.45, 2.75) is 59.5 Å². The molecule has 1 aliphatic rings. The number of nitrogen functional groups attached to an aromatic ring is 1. The van der Waals surface area contributed by atoms with Crippen LogP contribution in [0.5, 0.6) is 0 Å². The van der Waals surface area contributed by atoms with Gasteiger partial charge < -0.3 is 10.6 Å². The summed E-state index contributed by atoms with van der Waals surface area (Å²) in [4.78, 5) is 14.5. The lowest BCUT2D eigenvalue weighted by Gasteiger charge is -2.23. The molecule has 20 heavy (non-hydrogen) atoms. The Morgan fingerprint density at radius 3 is 2.55 bits per heavy atom. The highest BCUT2D eigenvalue weighted by Gasteiger charge is 2.32. The summed E-state index contributed by atoms with van der Waals surface area (Å²) in [5.41, 5.74) is 8.30. The van der Waals surface area contributed by atoms with Crippen LogP contribution in [0.1, 0.15) is 44.5 Å². The highest BCUT2D eigenvalue weighted by molar-refractivity contribution is 5.77. The Morgan fingerprint density at radius 2 is 2.10 bits per heavy atom. The molecule has 0 atom stereocenters. The Balaban J connectivity index is 2.02. The number of carbonyl (C=O) groups excluding carboxylic acids is 1. The maximum absolute atomic E-state index is 12.5. The summed E-state index contributed by atoms with van der Waals surface area (Å²) in [6.07, 6.45) is 3.34. The summed E-state index contributed by atoms with van der Waals surface area (Å²) in [6.45, 7) is 9.34. The van der Waals surface area contributed by atoms with E-state index in [0.717, 1.165) is 37.2 Å². The zero-order valence-corrected chi connectivity index (χ0v) is 13.0. The summed E-state index contributed by atoms with van der Waals surface area (Å²) >= 11 is 0. The minimum absolute atomic E-state index is 0.166. The fourth-order valence-corrected chi connectivity index (χ4v) is 2.38. The van der Waals surface area contributed by atoms with E-state index in [0.29, 0.717) is 24.2 Å². The summed E-state index contributed by atoms with van der Waals surface area (Å²) < 4.78 is 1.73. The number of aryl methyl sites for hydroxylation is 1. The number of aromatic nitrogens is 2. The lowest BCUT2D eigenvalue weighted by atomic mass is 10.1. The normalized spacial score (nSPS) is 14.8. The van der Waals surface area contributed by atoms with Crippen molar-refractivity contribution in [1.82, 2.24) is 14.7 Å². The van der Waals surface area contributed by atoms with Crippen molar-refractivity contribution >= 4 is 11.6 Å². The van der Waals surface area contributed by atoms with E-state index in [4.69, 9.17) is 5.73 Å². The van der Waals surface area contributed by atoms with E-state index in [9.17, 15) is 4.79 Å². The van der Waals surface area contributed by atoms with E-state index in [2.05, 4.69) is 18.9 Å². The van der Waals surface area contributed by atoms with Gasteiger partial charge in [-0.1, -0.05) is 13.8 Å². The first-order chi connectivity index (χ1) is 9.40. The van der Waals surface area contributed by atoms with Gasteiger partial charge in [-0.3, -0.25) is 9.48 Å². The molecule has 1 amide bonds. The van der Waals surface area contributed by atoms with Gasteiger partial charge >= 0.3 is 0 Å². The largest absolute Gasteiger partial charge is 0.396 e. The van der Waals surface area contributed by atoms with Gasteiger partial charge in [0, 0.05) is 12.6 Å². The molecule has 0 bridgehead atoms. The smallest absolute Gasteiger partial charge is 0.244 e. The average Bonchev–Trinajstić information content (AvgIpc) is 3.16. The first kappa shape index (κ1) is 14.9. The Bertz CT molecular complexity index is 488. The van der Waals surface area contributed by atoms with E-state index in [1.807, 2.05) is 18.7 Å². The van der Waals surface area contributed by atoms with Crippen molar-refractivity contribution in [3.05, 3.63) is 11.4 Å². The van der Waals surface area contributed by atoms with E-state index < -0.39 is 0 Å². The third kappa shape index (κ3) is 3.32. The fourth-order valence-electron chi connectivity index (χ4n) is 2.38. The van der Waals surface area contributed by atoms with Crippen molar-refractivity contribution in [2.75, 3.05) is 12.3 Å². The van der Waals surface area contributed by atoms with Gasteiger partial charge in [-0.2, -0.15) is 5.10 Å². The zero-order valence-electron chi connectivity index (χ0n) is 13.0. The van der Waals surface area contributed by atoms with Crippen LogP contribution >= 0.6 is 0 Å². The van der Waals surface area contributed by atoms with Crippen LogP contribution in [0.25, 0.3) is 0 Å². The molecule has 2 rings (SSSR count). The Morgan fingerprint density at radius 1 is 1.45 bits per heavy atom. The summed E-state index contributed by atoms with van der Waals surface area (Å²) in [5.74, 6) is 0.784. The van der Waals surface area contributed by atoms with E-state index in [1.165, 1.54) is 0 Å². The predicted molar refractivity (Wildman–Crippen MR) is 80.3 cm³/mol. The SMILES string of the molecule is Cc1nn(CC(=O)N(CCC(C)C)C2CC2)c(C)c1N. The molecule has 0 radical (unpaired) electrons. The minimum atomic E-state index is 0.166. The second-order valence-electron chi connectivity index (χ2n) is 6.24. The van der Waals surface area contributed by atoms with Crippen LogP contribution in [-0.4, -0.2) is 33.2 Å². The number of nitrogens with zero attached hydrogens (tertiary/aromatic N) is 3. The summed E-state index contributed by atoms with van der Waals surface area (Å²) in [5, 5.41) is 4.35. The summed E-state index contributed by atoms with van der Waals surface area (Å²) in [7, 11) is 0. The van der Waals surface area contributed by atoms with Crippen LogP contribution in [0.3, 0.4) is 0 Å². The Kier molecular flexibility index (Phi) is 4.35. The minimum Gasteiger partial charge on any atom is -0.396 e. The Hall–Kier alpha value is -1.52. The van der Waals surface area contributed by atoms with Gasteiger partial charge in [-0.25, -0.2) is 0 Å². The highest BCUT2D eigenvalue weighted by atomic mass is 16.2. The number of rotatable bonds is 6. The molecule has 1 saturated carbocycles. The molecule has 5 nitrogen and oxygen atoms in total. The average molecular weight is 278 g/mol. The second kappa shape index (κ2) is 5.85. The molecule has 1 fully saturated rings. The lowest BCUT2D eigenvalue weighted by molar-refractivity contribution is -0.132. The molecule has 0 aromatic carbocycles. The van der Waals surface area contributed by atoms with Gasteiger partial charge in [0.1, 0.15) is 6.54 Å². The molecule has 0 spiro atoms. The maximum atomic E-state index is 12.5. The molecule has 0 saturated heterocycles. The van der Waals surface area contributed by atoms with Gasteiger partial charge in [0.2, 0.25) is 5.91 Å². The van der Waals surface area contributed by atoms with Crippen molar-refractivity contribution in [3.63, 3.8) is 0 Å². The molecule has 1 heterocycles. The standard InChI is InChI=1S/C15H26N4O/c1-10(2)7-8-18(13-5-6-13)14(20)9-19-12(4)15(16)11(3)17-19/h10,13H,5-9,16H2,1-4H3. The van der Waals surface area contributed by atoms with Crippen LogP contribution in [-0.2, 0) is 11.3 Å². The third-order valence-electron chi connectivity index (χ3n) is 3.98. The molecule has 0 unspecified atom stereocenters. The Labute approximate surface area is 121 Å². The van der Waals surface area contributed by atoms with Crippen molar-refractivity contribution in [3.8, 4) is 0 Å². The van der Waals surface area contributed by atoms with Gasteiger partial charge in [-0.05, 0) is 39.0 Å². The number of hydrogen-bond acceptors (Lipinski definition) is 3. The number of hydrogen-bond donors (Lipinski definition) is 1. The van der Waals surface area contributed by atoms with Crippen molar-refractivity contribution in [2.24, 2.45) is 5.92 Å². The maximum Gasteiger partial charge on any atom is 0.244 e. The molecular formula is C15H26N4O. The fraction of sp³-hybridized carbons (Fsp3) is 0.733. The van der Waals surface area contributed by atoms with E-state index in [1.54, 1.807) is 4.68 Å². The van der Waals surface area contributed by atoms with Crippen LogP contribution < -0.4 is 5.73 Å². The number of nitrogens with two attached hydrogens (primary N) is 1. The number of anilines is 1. The van der Waals surface area contributed by atoms with Gasteiger partial charge in [0.25, 0.3) is 0 Å². The molecular weight excluding hydrogens is 252 g/mol. The molecule has 5 heteroatoms. The topological polar surface area (TPSA) is 64.2 Å². The van der Waals surface area contributed by atoms with Gasteiger partial charge in [-0.15, -0.1) is 0 Å². The monoisotopic (exact) mass is 278 g/mol. The molecule has 1 aliphatic carbocycles. The molecule has 1 aromatic rings. The van der Waals surface area contributed by atoms with Crippen LogP contribution in [0.2, 0.25) is 0 Å². The first-order valence-electron chi connectivity index (χ1n) is 7.49. The summed E-state index contributed by atoms with van der Waals surface area (Å²) in [6, 6.07) is 0.454. The van der Waals surface area contributed by atoms with Crippen molar-refractivity contribution < 1.29 is 4.79 Å². The predicted octanol–water partition coefficient (Wildman–Crippen LogP) is 2.12. The van der Waals surface area contributed by atoms with Crippen LogP contribution in [0, 0.1) is 19.8 Å². The lowest BCUT2D eigenvalue weighted by Crippen LogP contribution is -2.37. The van der Waals surface area contributed by atoms with E-state index >= 15 is 0 Å². The van der Waals surface area contributed by atoms with Crippen molar-refractivity contribution in [1.29, 1.82) is 0 Å². The quantitative estimate of drug-likeness (QED) is 0.867. The second-order valence-corrected chi connectivity index (χ2v) is 6.24. The third-order valence-corrected chi connectivity index (χ3v) is 3.98. The number of carbonyl (C=O) groups is 1. The van der Waals surface area contributed by atoms with Gasteiger partial charge in [0.15, 0.2) is 0 Å². The van der Waals surface area contributed by atoms with Gasteiger partial charge in [0.05, 0.1) is 17.1 Å². The van der Waals surface area contributed by atoms with E-state index in [-0.39, 0.29) is 5.91 Å². The zero-order chi connectivity index (χ0) is 14.9. The molecule has 2 N–H and O–H groups in total. The van der Waals surface area contributed by atoms with Crippen LogP contribution in [0.4, 0.5) is 5.69 Å². The number of amides is 1.